The Hall–Kier alpha value is -1.45. The highest BCUT2D eigenvalue weighted by atomic mass is 32.2. The third-order valence-electron chi connectivity index (χ3n) is 3.29. The van der Waals surface area contributed by atoms with Crippen molar-refractivity contribution in [2.75, 3.05) is 19.6 Å². The second-order valence-corrected chi connectivity index (χ2v) is 6.76. The summed E-state index contributed by atoms with van der Waals surface area (Å²) in [4.78, 5) is 2.24. The Bertz CT molecular complexity index is 573. The van der Waals surface area contributed by atoms with E-state index in [1.807, 2.05) is 0 Å². The SMILES string of the molecule is Cn1cc(S(=O)(=O)NC2CCN(CC(=N)N)CC2)cn1. The number of likely N-dealkylation sites (tertiary alicyclic amines) is 1. The van der Waals surface area contributed by atoms with Gasteiger partial charge in [-0.15, -0.1) is 0 Å². The number of piperidine rings is 1. The predicted molar refractivity (Wildman–Crippen MR) is 74.9 cm³/mol. The Balaban J connectivity index is 1.91. The zero-order valence-electron chi connectivity index (χ0n) is 11.4. The van der Waals surface area contributed by atoms with Crippen LogP contribution in [-0.4, -0.2) is 54.6 Å². The van der Waals surface area contributed by atoms with Crippen molar-refractivity contribution in [3.05, 3.63) is 12.4 Å². The lowest BCUT2D eigenvalue weighted by Gasteiger charge is -2.31. The zero-order valence-corrected chi connectivity index (χ0v) is 12.2. The van der Waals surface area contributed by atoms with E-state index < -0.39 is 10.0 Å². The number of rotatable bonds is 5. The maximum absolute atomic E-state index is 12.1. The van der Waals surface area contributed by atoms with E-state index in [1.54, 1.807) is 7.05 Å². The number of nitrogens with one attached hydrogen (secondary N) is 2. The molecule has 1 aliphatic heterocycles. The van der Waals surface area contributed by atoms with Crippen molar-refractivity contribution in [3.8, 4) is 0 Å². The summed E-state index contributed by atoms with van der Waals surface area (Å²) in [5.74, 6) is 0.138. The normalized spacial score (nSPS) is 18.2. The minimum Gasteiger partial charge on any atom is -0.387 e. The number of hydrogen-bond donors (Lipinski definition) is 3. The maximum Gasteiger partial charge on any atom is 0.243 e. The fraction of sp³-hybridized carbons (Fsp3) is 0.636. The van der Waals surface area contributed by atoms with E-state index in [9.17, 15) is 8.42 Å². The van der Waals surface area contributed by atoms with E-state index in [-0.39, 0.29) is 16.8 Å². The summed E-state index contributed by atoms with van der Waals surface area (Å²) in [6.45, 7) is 1.92. The first-order chi connectivity index (χ1) is 9.37. The predicted octanol–water partition coefficient (Wildman–Crippen LogP) is -0.901. The molecule has 112 valence electrons. The molecule has 0 saturated carbocycles. The van der Waals surface area contributed by atoms with E-state index in [1.165, 1.54) is 17.1 Å². The molecule has 1 aliphatic rings. The third kappa shape index (κ3) is 3.78. The molecule has 0 aliphatic carbocycles. The van der Waals surface area contributed by atoms with Gasteiger partial charge in [-0.1, -0.05) is 0 Å². The molecule has 2 rings (SSSR count). The van der Waals surface area contributed by atoms with Gasteiger partial charge in [0.05, 0.1) is 12.7 Å². The molecular weight excluding hydrogens is 280 g/mol. The van der Waals surface area contributed by atoms with Crippen LogP contribution in [0.2, 0.25) is 0 Å². The standard InChI is InChI=1S/C11H20N6O2S/c1-16-7-10(6-14-16)20(18,19)15-9-2-4-17(5-3-9)8-11(12)13/h6-7,9,15H,2-5,8H2,1H3,(H3,12,13). The second kappa shape index (κ2) is 5.90. The Morgan fingerprint density at radius 2 is 2.20 bits per heavy atom. The summed E-state index contributed by atoms with van der Waals surface area (Å²) >= 11 is 0. The Kier molecular flexibility index (Phi) is 4.41. The first kappa shape index (κ1) is 14.9. The highest BCUT2D eigenvalue weighted by Crippen LogP contribution is 2.14. The first-order valence-corrected chi connectivity index (χ1v) is 7.91. The van der Waals surface area contributed by atoms with Crippen molar-refractivity contribution in [1.29, 1.82) is 5.41 Å². The van der Waals surface area contributed by atoms with Gasteiger partial charge >= 0.3 is 0 Å². The summed E-state index contributed by atoms with van der Waals surface area (Å²) in [5.41, 5.74) is 5.36. The van der Waals surface area contributed by atoms with E-state index >= 15 is 0 Å². The minimum atomic E-state index is -3.50. The molecule has 0 unspecified atom stereocenters. The zero-order chi connectivity index (χ0) is 14.8. The molecule has 0 aromatic carbocycles. The highest BCUT2D eigenvalue weighted by molar-refractivity contribution is 7.89. The van der Waals surface area contributed by atoms with Crippen LogP contribution in [0.5, 0.6) is 0 Å². The molecular formula is C11H20N6O2S. The van der Waals surface area contributed by atoms with Gasteiger partial charge < -0.3 is 5.73 Å². The first-order valence-electron chi connectivity index (χ1n) is 6.43. The molecule has 0 spiro atoms. The Morgan fingerprint density at radius 3 is 2.70 bits per heavy atom. The van der Waals surface area contributed by atoms with Crippen molar-refractivity contribution < 1.29 is 8.42 Å². The molecule has 4 N–H and O–H groups in total. The van der Waals surface area contributed by atoms with E-state index in [0.717, 1.165) is 13.1 Å². The van der Waals surface area contributed by atoms with Crippen LogP contribution < -0.4 is 10.5 Å². The van der Waals surface area contributed by atoms with Crippen molar-refractivity contribution in [2.24, 2.45) is 12.8 Å². The van der Waals surface area contributed by atoms with Crippen LogP contribution >= 0.6 is 0 Å². The maximum atomic E-state index is 12.1. The topological polar surface area (TPSA) is 117 Å². The minimum absolute atomic E-state index is 0.0802. The monoisotopic (exact) mass is 300 g/mol. The van der Waals surface area contributed by atoms with Crippen molar-refractivity contribution in [3.63, 3.8) is 0 Å². The number of sulfonamides is 1. The molecule has 8 nitrogen and oxygen atoms in total. The lowest BCUT2D eigenvalue weighted by molar-refractivity contribution is 0.231. The van der Waals surface area contributed by atoms with Crippen LogP contribution in [0.3, 0.4) is 0 Å². The number of nitrogens with zero attached hydrogens (tertiary/aromatic N) is 3. The number of aromatic nitrogens is 2. The summed E-state index contributed by atoms with van der Waals surface area (Å²) < 4.78 is 28.5. The van der Waals surface area contributed by atoms with Crippen molar-refractivity contribution in [1.82, 2.24) is 19.4 Å². The average Bonchev–Trinajstić information content (AvgIpc) is 2.78. The molecule has 20 heavy (non-hydrogen) atoms. The van der Waals surface area contributed by atoms with Crippen LogP contribution in [0.25, 0.3) is 0 Å². The van der Waals surface area contributed by atoms with Gasteiger partial charge in [-0.25, -0.2) is 13.1 Å². The second-order valence-electron chi connectivity index (χ2n) is 5.05. The van der Waals surface area contributed by atoms with Crippen LogP contribution in [0, 0.1) is 5.41 Å². The summed E-state index contributed by atoms with van der Waals surface area (Å²) in [7, 11) is -1.82. The lowest BCUT2D eigenvalue weighted by atomic mass is 10.1. The van der Waals surface area contributed by atoms with Crippen LogP contribution in [0.15, 0.2) is 17.3 Å². The van der Waals surface area contributed by atoms with E-state index in [2.05, 4.69) is 14.7 Å². The fourth-order valence-electron chi connectivity index (χ4n) is 2.27. The molecule has 1 aromatic heterocycles. The summed E-state index contributed by atoms with van der Waals surface area (Å²) in [5, 5.41) is 11.1. The highest BCUT2D eigenvalue weighted by Gasteiger charge is 2.25. The fourth-order valence-corrected chi connectivity index (χ4v) is 3.56. The third-order valence-corrected chi connectivity index (χ3v) is 4.77. The molecule has 0 radical (unpaired) electrons. The summed E-state index contributed by atoms with van der Waals surface area (Å²) in [6.07, 6.45) is 4.25. The van der Waals surface area contributed by atoms with Gasteiger partial charge in [0.25, 0.3) is 0 Å². The molecule has 1 saturated heterocycles. The Morgan fingerprint density at radius 1 is 1.55 bits per heavy atom. The number of nitrogens with two attached hydrogens (primary N) is 1. The molecule has 0 atom stereocenters. The number of amidine groups is 1. The van der Waals surface area contributed by atoms with Crippen molar-refractivity contribution >= 4 is 15.9 Å². The van der Waals surface area contributed by atoms with Gasteiger partial charge in [0, 0.05) is 32.4 Å². The summed E-state index contributed by atoms with van der Waals surface area (Å²) in [6, 6.07) is -0.0802. The average molecular weight is 300 g/mol. The van der Waals surface area contributed by atoms with Gasteiger partial charge in [-0.3, -0.25) is 15.0 Å². The Labute approximate surface area is 118 Å². The molecule has 1 fully saturated rings. The van der Waals surface area contributed by atoms with Crippen molar-refractivity contribution in [2.45, 2.75) is 23.8 Å². The smallest absolute Gasteiger partial charge is 0.243 e. The van der Waals surface area contributed by atoms with Crippen LogP contribution in [-0.2, 0) is 17.1 Å². The van der Waals surface area contributed by atoms with Gasteiger partial charge in [-0.2, -0.15) is 5.10 Å². The molecule has 2 heterocycles. The molecule has 0 amide bonds. The molecule has 9 heteroatoms. The van der Waals surface area contributed by atoms with E-state index in [4.69, 9.17) is 11.1 Å². The molecule has 0 bridgehead atoms. The molecule has 1 aromatic rings. The quantitative estimate of drug-likeness (QED) is 0.481. The number of hydrogen-bond acceptors (Lipinski definition) is 5. The number of aryl methyl sites for hydroxylation is 1. The van der Waals surface area contributed by atoms with Gasteiger partial charge in [0.1, 0.15) is 10.7 Å². The van der Waals surface area contributed by atoms with E-state index in [0.29, 0.717) is 19.4 Å². The lowest BCUT2D eigenvalue weighted by Crippen LogP contribution is -2.46. The van der Waals surface area contributed by atoms with Crippen LogP contribution in [0.1, 0.15) is 12.8 Å². The van der Waals surface area contributed by atoms with Gasteiger partial charge in [0.2, 0.25) is 10.0 Å². The van der Waals surface area contributed by atoms with Gasteiger partial charge in [-0.05, 0) is 12.8 Å². The van der Waals surface area contributed by atoms with Gasteiger partial charge in [0.15, 0.2) is 0 Å². The van der Waals surface area contributed by atoms with Crippen LogP contribution in [0.4, 0.5) is 0 Å². The largest absolute Gasteiger partial charge is 0.387 e.